The molecule has 0 unspecified atom stereocenters. The Balaban J connectivity index is 1.73. The number of ether oxygens (including phenoxy) is 1. The number of amides is 1. The molecule has 2 saturated heterocycles. The number of nitrogens with zero attached hydrogens (tertiary/aromatic N) is 1. The van der Waals surface area contributed by atoms with Crippen molar-refractivity contribution in [1.29, 1.82) is 0 Å². The summed E-state index contributed by atoms with van der Waals surface area (Å²) in [6.07, 6.45) is 0. The van der Waals surface area contributed by atoms with Gasteiger partial charge in [0.05, 0.1) is 29.3 Å². The van der Waals surface area contributed by atoms with Crippen LogP contribution >= 0.6 is 11.3 Å². The second-order valence-electron chi connectivity index (χ2n) is 6.74. The van der Waals surface area contributed by atoms with Gasteiger partial charge in [0.15, 0.2) is 0 Å². The van der Waals surface area contributed by atoms with Crippen LogP contribution in [0.15, 0.2) is 11.4 Å². The van der Waals surface area contributed by atoms with Gasteiger partial charge in [-0.25, -0.2) is 0 Å². The van der Waals surface area contributed by atoms with Gasteiger partial charge >= 0.3 is 7.12 Å². The Hall–Kier alpha value is -0.885. The van der Waals surface area contributed by atoms with Crippen molar-refractivity contribution < 1.29 is 18.8 Å². The first-order valence-corrected chi connectivity index (χ1v) is 8.49. The molecule has 0 aliphatic carbocycles. The number of morpholine rings is 1. The smallest absolute Gasteiger partial charge is 0.399 e. The van der Waals surface area contributed by atoms with Crippen LogP contribution < -0.4 is 5.46 Å². The zero-order valence-corrected chi connectivity index (χ0v) is 14.4. The molecule has 3 rings (SSSR count). The summed E-state index contributed by atoms with van der Waals surface area (Å²) < 4.78 is 17.3. The predicted octanol–water partition coefficient (Wildman–Crippen LogP) is 1.52. The first-order chi connectivity index (χ1) is 10.3. The van der Waals surface area contributed by atoms with Crippen molar-refractivity contribution in [2.75, 3.05) is 26.3 Å². The molecule has 2 aliphatic rings. The Labute approximate surface area is 135 Å². The van der Waals surface area contributed by atoms with E-state index in [-0.39, 0.29) is 17.1 Å². The standard InChI is InChI=1S/C15H22BNO4S/c1-14(2)15(3,4)21-16(20-14)11-9-12(22-10-11)13(18)17-5-7-19-8-6-17/h9-10H,5-8H2,1-4H3. The molecular weight excluding hydrogens is 301 g/mol. The molecule has 0 N–H and O–H groups in total. The molecule has 0 radical (unpaired) electrons. The van der Waals surface area contributed by atoms with Gasteiger partial charge in [0.2, 0.25) is 0 Å². The maximum absolute atomic E-state index is 12.5. The van der Waals surface area contributed by atoms with Crippen LogP contribution in [0.3, 0.4) is 0 Å². The molecule has 120 valence electrons. The number of hydrogen-bond donors (Lipinski definition) is 0. The number of hydrogen-bond acceptors (Lipinski definition) is 5. The summed E-state index contributed by atoms with van der Waals surface area (Å²) >= 11 is 1.45. The largest absolute Gasteiger partial charge is 0.495 e. The van der Waals surface area contributed by atoms with E-state index in [1.165, 1.54) is 11.3 Å². The Morgan fingerprint density at radius 3 is 2.36 bits per heavy atom. The molecule has 0 bridgehead atoms. The van der Waals surface area contributed by atoms with Crippen LogP contribution in [-0.2, 0) is 14.0 Å². The van der Waals surface area contributed by atoms with Crippen molar-refractivity contribution in [3.05, 3.63) is 16.3 Å². The van der Waals surface area contributed by atoms with Crippen molar-refractivity contribution in [3.63, 3.8) is 0 Å². The molecule has 5 nitrogen and oxygen atoms in total. The summed E-state index contributed by atoms with van der Waals surface area (Å²) in [6, 6.07) is 1.89. The minimum absolute atomic E-state index is 0.0658. The van der Waals surface area contributed by atoms with Crippen LogP contribution in [0, 0.1) is 0 Å². The van der Waals surface area contributed by atoms with Crippen LogP contribution in [0.4, 0.5) is 0 Å². The Morgan fingerprint density at radius 1 is 1.18 bits per heavy atom. The Bertz CT molecular complexity index is 550. The van der Waals surface area contributed by atoms with E-state index in [4.69, 9.17) is 14.0 Å². The minimum atomic E-state index is -0.410. The summed E-state index contributed by atoms with van der Waals surface area (Å²) in [5, 5.41) is 1.95. The summed E-state index contributed by atoms with van der Waals surface area (Å²) in [6.45, 7) is 10.6. The molecule has 1 aromatic rings. The van der Waals surface area contributed by atoms with Crippen LogP contribution in [0.25, 0.3) is 0 Å². The molecule has 0 spiro atoms. The van der Waals surface area contributed by atoms with Crippen LogP contribution in [0.1, 0.15) is 37.4 Å². The molecule has 2 aliphatic heterocycles. The lowest BCUT2D eigenvalue weighted by molar-refractivity contribution is 0.00578. The first kappa shape index (κ1) is 16.0. The molecule has 2 fully saturated rings. The van der Waals surface area contributed by atoms with Crippen molar-refractivity contribution in [2.24, 2.45) is 0 Å². The van der Waals surface area contributed by atoms with Gasteiger partial charge in [0, 0.05) is 13.1 Å². The topological polar surface area (TPSA) is 48.0 Å². The molecule has 0 atom stereocenters. The van der Waals surface area contributed by atoms with Gasteiger partial charge in [0.1, 0.15) is 0 Å². The third-order valence-corrected chi connectivity index (χ3v) is 5.59. The highest BCUT2D eigenvalue weighted by molar-refractivity contribution is 7.13. The lowest BCUT2D eigenvalue weighted by Crippen LogP contribution is -2.41. The van der Waals surface area contributed by atoms with Gasteiger partial charge in [-0.1, -0.05) is 0 Å². The van der Waals surface area contributed by atoms with E-state index in [9.17, 15) is 4.79 Å². The molecule has 0 aromatic carbocycles. The maximum Gasteiger partial charge on any atom is 0.495 e. The molecule has 22 heavy (non-hydrogen) atoms. The lowest BCUT2D eigenvalue weighted by Gasteiger charge is -2.32. The van der Waals surface area contributed by atoms with Gasteiger partial charge in [-0.2, -0.15) is 0 Å². The zero-order valence-electron chi connectivity index (χ0n) is 13.5. The van der Waals surface area contributed by atoms with E-state index >= 15 is 0 Å². The molecule has 0 saturated carbocycles. The minimum Gasteiger partial charge on any atom is -0.399 e. The van der Waals surface area contributed by atoms with Crippen molar-refractivity contribution >= 4 is 29.8 Å². The fourth-order valence-electron chi connectivity index (χ4n) is 2.49. The van der Waals surface area contributed by atoms with E-state index in [0.29, 0.717) is 26.3 Å². The van der Waals surface area contributed by atoms with Crippen LogP contribution in [0.5, 0.6) is 0 Å². The summed E-state index contributed by atoms with van der Waals surface area (Å²) in [5.74, 6) is 0.0658. The molecule has 1 aromatic heterocycles. The van der Waals surface area contributed by atoms with Gasteiger partial charge in [-0.15, -0.1) is 11.3 Å². The van der Waals surface area contributed by atoms with E-state index < -0.39 is 7.12 Å². The SMILES string of the molecule is CC1(C)OB(c2csc(C(=O)N3CCOCC3)c2)OC1(C)C. The fourth-order valence-corrected chi connectivity index (χ4v) is 3.36. The van der Waals surface area contributed by atoms with Gasteiger partial charge in [0.25, 0.3) is 5.91 Å². The van der Waals surface area contributed by atoms with Gasteiger partial charge < -0.3 is 18.9 Å². The Morgan fingerprint density at radius 2 is 1.77 bits per heavy atom. The monoisotopic (exact) mass is 323 g/mol. The zero-order chi connectivity index (χ0) is 16.0. The molecule has 3 heterocycles. The predicted molar refractivity (Wildman–Crippen MR) is 86.8 cm³/mol. The fraction of sp³-hybridized carbons (Fsp3) is 0.667. The average Bonchev–Trinajstić information content (AvgIpc) is 3.03. The highest BCUT2D eigenvalue weighted by atomic mass is 32.1. The first-order valence-electron chi connectivity index (χ1n) is 7.61. The molecule has 7 heteroatoms. The third kappa shape index (κ3) is 2.83. The van der Waals surface area contributed by atoms with Crippen LogP contribution in [-0.4, -0.2) is 55.4 Å². The number of carbonyl (C=O) groups is 1. The summed E-state index contributed by atoms with van der Waals surface area (Å²) in [5.41, 5.74) is 0.183. The lowest BCUT2D eigenvalue weighted by atomic mass is 9.81. The number of carbonyl (C=O) groups excluding carboxylic acids is 1. The van der Waals surface area contributed by atoms with Crippen molar-refractivity contribution in [1.82, 2.24) is 4.90 Å². The second-order valence-corrected chi connectivity index (χ2v) is 7.65. The van der Waals surface area contributed by atoms with Gasteiger partial charge in [-0.3, -0.25) is 4.79 Å². The summed E-state index contributed by atoms with van der Waals surface area (Å²) in [4.78, 5) is 15.0. The van der Waals surface area contributed by atoms with Crippen LogP contribution in [0.2, 0.25) is 0 Å². The van der Waals surface area contributed by atoms with Crippen molar-refractivity contribution in [2.45, 2.75) is 38.9 Å². The van der Waals surface area contributed by atoms with E-state index in [0.717, 1.165) is 10.3 Å². The van der Waals surface area contributed by atoms with E-state index in [1.807, 2.05) is 44.0 Å². The quantitative estimate of drug-likeness (QED) is 0.775. The molecular formula is C15H22BNO4S. The van der Waals surface area contributed by atoms with Gasteiger partial charge in [-0.05, 0) is 44.6 Å². The average molecular weight is 323 g/mol. The van der Waals surface area contributed by atoms with E-state index in [2.05, 4.69) is 0 Å². The number of rotatable bonds is 2. The normalized spacial score (nSPS) is 23.8. The van der Waals surface area contributed by atoms with E-state index in [1.54, 1.807) is 0 Å². The highest BCUT2D eigenvalue weighted by Crippen LogP contribution is 2.36. The number of thiophene rings is 1. The van der Waals surface area contributed by atoms with Crippen molar-refractivity contribution in [3.8, 4) is 0 Å². The molecule has 1 amide bonds. The highest BCUT2D eigenvalue weighted by Gasteiger charge is 2.52. The third-order valence-electron chi connectivity index (χ3n) is 4.65. The second kappa shape index (κ2) is 5.63. The Kier molecular flexibility index (Phi) is 4.10. The maximum atomic E-state index is 12.5. The summed E-state index contributed by atoms with van der Waals surface area (Å²) in [7, 11) is -0.410.